The fourth-order valence-electron chi connectivity index (χ4n) is 6.61. The molecule has 210 valence electrons. The fourth-order valence-corrected chi connectivity index (χ4v) is 6.61. The second kappa shape index (κ2) is 9.84. The van der Waals surface area contributed by atoms with Gasteiger partial charge in [0.2, 0.25) is 0 Å². The summed E-state index contributed by atoms with van der Waals surface area (Å²) >= 11 is 0. The molecule has 1 saturated heterocycles. The van der Waals surface area contributed by atoms with E-state index in [9.17, 15) is 19.5 Å². The van der Waals surface area contributed by atoms with E-state index in [4.69, 9.17) is 0 Å². The van der Waals surface area contributed by atoms with E-state index >= 15 is 4.39 Å². The van der Waals surface area contributed by atoms with E-state index in [-0.39, 0.29) is 30.2 Å². The third-order valence-corrected chi connectivity index (χ3v) is 8.43. The molecule has 0 radical (unpaired) electrons. The Morgan fingerprint density at radius 3 is 2.66 bits per heavy atom. The number of aliphatic hydroxyl groups excluding tert-OH is 1. The SMILES string of the molecule is O=C1NC(=O)C(c2cnc3ccccn23)=C1c1cn2c3c(cc(F)cc13)C(CCO)N(C(=O)N1CCCCC1)CC2. The van der Waals surface area contributed by atoms with Gasteiger partial charge in [0.05, 0.1) is 34.6 Å². The maximum atomic E-state index is 15.4. The number of likely N-dealkylation sites (tertiary alicyclic amines) is 1. The summed E-state index contributed by atoms with van der Waals surface area (Å²) in [6, 6.07) is 7.58. The van der Waals surface area contributed by atoms with Crippen LogP contribution >= 0.6 is 0 Å². The number of nitrogens with zero attached hydrogens (tertiary/aromatic N) is 5. The number of piperidine rings is 1. The molecule has 3 aliphatic heterocycles. The van der Waals surface area contributed by atoms with Gasteiger partial charge in [-0.25, -0.2) is 14.2 Å². The molecule has 2 N–H and O–H groups in total. The average Bonchev–Trinajstić information content (AvgIpc) is 3.61. The summed E-state index contributed by atoms with van der Waals surface area (Å²) in [6.07, 6.45) is 8.32. The van der Waals surface area contributed by atoms with Crippen LogP contribution in [0.15, 0.2) is 48.9 Å². The monoisotopic (exact) mass is 556 g/mol. The van der Waals surface area contributed by atoms with Gasteiger partial charge in [0.25, 0.3) is 11.8 Å². The van der Waals surface area contributed by atoms with Crippen LogP contribution < -0.4 is 5.32 Å². The number of nitrogens with one attached hydrogen (secondary N) is 1. The lowest BCUT2D eigenvalue weighted by atomic mass is 9.95. The minimum absolute atomic E-state index is 0.107. The maximum absolute atomic E-state index is 15.4. The van der Waals surface area contributed by atoms with Crippen LogP contribution in [0.25, 0.3) is 27.7 Å². The highest BCUT2D eigenvalue weighted by Gasteiger charge is 2.38. The zero-order valence-corrected chi connectivity index (χ0v) is 22.3. The number of imide groups is 1. The molecule has 41 heavy (non-hydrogen) atoms. The number of rotatable bonds is 4. The number of carbonyl (C=O) groups is 3. The number of hydrogen-bond donors (Lipinski definition) is 2. The highest BCUT2D eigenvalue weighted by molar-refractivity contribution is 6.49. The Balaban J connectivity index is 1.41. The summed E-state index contributed by atoms with van der Waals surface area (Å²) in [5.41, 5.74) is 3.10. The second-order valence-corrected chi connectivity index (χ2v) is 10.8. The van der Waals surface area contributed by atoms with Crippen LogP contribution in [-0.4, -0.2) is 72.9 Å². The van der Waals surface area contributed by atoms with E-state index in [0.717, 1.165) is 19.3 Å². The van der Waals surface area contributed by atoms with Gasteiger partial charge in [-0.1, -0.05) is 6.07 Å². The first kappa shape index (κ1) is 25.5. The summed E-state index contributed by atoms with van der Waals surface area (Å²) in [4.78, 5) is 48.1. The number of carbonyl (C=O) groups excluding carboxylic acids is 3. The number of pyridine rings is 1. The van der Waals surface area contributed by atoms with E-state index in [0.29, 0.717) is 59.5 Å². The highest BCUT2D eigenvalue weighted by Crippen LogP contribution is 2.41. The van der Waals surface area contributed by atoms with Gasteiger partial charge in [0, 0.05) is 61.7 Å². The lowest BCUT2D eigenvalue weighted by Gasteiger charge is -2.37. The Morgan fingerprint density at radius 1 is 1.05 bits per heavy atom. The van der Waals surface area contributed by atoms with E-state index in [1.54, 1.807) is 34.0 Å². The molecule has 10 nitrogen and oxygen atoms in total. The normalized spacial score (nSPS) is 19.4. The number of halogens is 1. The molecule has 1 aromatic carbocycles. The van der Waals surface area contributed by atoms with Gasteiger partial charge in [-0.15, -0.1) is 0 Å². The molecule has 1 fully saturated rings. The van der Waals surface area contributed by atoms with E-state index in [1.807, 2.05) is 21.6 Å². The molecular formula is C30H29FN6O4. The Labute approximate surface area is 234 Å². The number of hydrogen-bond acceptors (Lipinski definition) is 5. The molecule has 3 aliphatic rings. The van der Waals surface area contributed by atoms with Crippen LogP contribution in [-0.2, 0) is 16.1 Å². The van der Waals surface area contributed by atoms with Crippen molar-refractivity contribution in [1.82, 2.24) is 29.1 Å². The van der Waals surface area contributed by atoms with Crippen molar-refractivity contribution in [2.75, 3.05) is 26.2 Å². The topological polar surface area (TPSA) is 112 Å². The lowest BCUT2D eigenvalue weighted by Crippen LogP contribution is -2.47. The predicted octanol–water partition coefficient (Wildman–Crippen LogP) is 3.34. The first-order chi connectivity index (χ1) is 20.0. The quantitative estimate of drug-likeness (QED) is 0.375. The number of amides is 4. The molecule has 0 bridgehead atoms. The first-order valence-electron chi connectivity index (χ1n) is 14.0. The van der Waals surface area contributed by atoms with Crippen molar-refractivity contribution in [3.05, 3.63) is 71.6 Å². The molecule has 0 aliphatic carbocycles. The summed E-state index contributed by atoms with van der Waals surface area (Å²) in [5.74, 6) is -1.63. The molecule has 7 rings (SSSR count). The molecule has 11 heteroatoms. The number of aliphatic hydroxyl groups is 1. The molecule has 6 heterocycles. The van der Waals surface area contributed by atoms with Gasteiger partial charge in [-0.2, -0.15) is 0 Å². The minimum atomic E-state index is -0.563. The van der Waals surface area contributed by atoms with Crippen molar-refractivity contribution >= 4 is 45.5 Å². The summed E-state index contributed by atoms with van der Waals surface area (Å²) in [7, 11) is 0. The second-order valence-electron chi connectivity index (χ2n) is 10.8. The third-order valence-electron chi connectivity index (χ3n) is 8.43. The van der Waals surface area contributed by atoms with Crippen LogP contribution in [0.2, 0.25) is 0 Å². The van der Waals surface area contributed by atoms with Crippen LogP contribution in [0.3, 0.4) is 0 Å². The van der Waals surface area contributed by atoms with Crippen LogP contribution in [0.5, 0.6) is 0 Å². The zero-order chi connectivity index (χ0) is 28.2. The molecule has 1 atom stereocenters. The van der Waals surface area contributed by atoms with Crippen molar-refractivity contribution in [3.8, 4) is 0 Å². The van der Waals surface area contributed by atoms with Gasteiger partial charge in [0.15, 0.2) is 0 Å². The third kappa shape index (κ3) is 4.02. The molecular weight excluding hydrogens is 527 g/mol. The Hall–Kier alpha value is -4.51. The number of imidazole rings is 1. The molecule has 3 aromatic heterocycles. The molecule has 0 spiro atoms. The van der Waals surface area contributed by atoms with Crippen molar-refractivity contribution in [2.45, 2.75) is 38.3 Å². The Morgan fingerprint density at radius 2 is 1.85 bits per heavy atom. The van der Waals surface area contributed by atoms with Crippen molar-refractivity contribution in [2.24, 2.45) is 0 Å². The number of fused-ring (bicyclic) bond motifs is 1. The molecule has 0 saturated carbocycles. The van der Waals surface area contributed by atoms with Gasteiger partial charge in [-0.3, -0.25) is 19.3 Å². The standard InChI is InChI=1S/C30H29FN6O4/c31-18-14-19-21(25-26(29(40)33-28(25)39)23-16-32-24-6-2-5-10-36(23)24)17-35-11-12-37(30(41)34-8-3-1-4-9-34)22(7-13-38)20(15-18)27(19)35/h2,5-6,10,14-17,22,38H,1,3-4,7-9,11-13H2,(H,33,39,40). The van der Waals surface area contributed by atoms with Crippen LogP contribution in [0.1, 0.15) is 48.5 Å². The van der Waals surface area contributed by atoms with Gasteiger partial charge < -0.3 is 19.5 Å². The predicted molar refractivity (Wildman–Crippen MR) is 149 cm³/mol. The summed E-state index contributed by atoms with van der Waals surface area (Å²) < 4.78 is 19.1. The van der Waals surface area contributed by atoms with Gasteiger partial charge >= 0.3 is 6.03 Å². The van der Waals surface area contributed by atoms with Crippen molar-refractivity contribution in [1.29, 1.82) is 0 Å². The highest BCUT2D eigenvalue weighted by atomic mass is 19.1. The average molecular weight is 557 g/mol. The Kier molecular flexibility index (Phi) is 6.11. The lowest BCUT2D eigenvalue weighted by molar-refractivity contribution is -0.122. The molecule has 1 unspecified atom stereocenters. The van der Waals surface area contributed by atoms with Crippen LogP contribution in [0, 0.1) is 5.82 Å². The Bertz CT molecular complexity index is 1770. The fraction of sp³-hybridized carbons (Fsp3) is 0.333. The van der Waals surface area contributed by atoms with E-state index < -0.39 is 23.7 Å². The minimum Gasteiger partial charge on any atom is -0.396 e. The maximum Gasteiger partial charge on any atom is 0.320 e. The first-order valence-corrected chi connectivity index (χ1v) is 14.0. The zero-order valence-electron chi connectivity index (χ0n) is 22.3. The largest absolute Gasteiger partial charge is 0.396 e. The van der Waals surface area contributed by atoms with E-state index in [2.05, 4.69) is 10.3 Å². The molecule has 4 aromatic rings. The number of urea groups is 1. The van der Waals surface area contributed by atoms with Crippen LogP contribution in [0.4, 0.5) is 9.18 Å². The summed E-state index contributed by atoms with van der Waals surface area (Å²) in [5, 5.41) is 12.9. The summed E-state index contributed by atoms with van der Waals surface area (Å²) in [6.45, 7) is 1.94. The number of benzene rings is 1. The van der Waals surface area contributed by atoms with E-state index in [1.165, 1.54) is 12.1 Å². The number of aromatic nitrogens is 3. The van der Waals surface area contributed by atoms with Crippen molar-refractivity contribution in [3.63, 3.8) is 0 Å². The smallest absolute Gasteiger partial charge is 0.320 e. The van der Waals surface area contributed by atoms with Gasteiger partial charge in [-0.05, 0) is 49.9 Å². The van der Waals surface area contributed by atoms with Gasteiger partial charge in [0.1, 0.15) is 11.5 Å². The van der Waals surface area contributed by atoms with Crippen molar-refractivity contribution < 1.29 is 23.9 Å². The molecule has 4 amide bonds.